The predicted octanol–water partition coefficient (Wildman–Crippen LogP) is 16.2. The molecule has 0 N–H and O–H groups in total. The molecule has 3 aliphatic carbocycles. The lowest BCUT2D eigenvalue weighted by Crippen LogP contribution is -2.42. The van der Waals surface area contributed by atoms with Crippen LogP contribution in [0, 0.1) is 0 Å². The van der Waals surface area contributed by atoms with Gasteiger partial charge in [0.15, 0.2) is 0 Å². The van der Waals surface area contributed by atoms with E-state index >= 15 is 0 Å². The van der Waals surface area contributed by atoms with Crippen molar-refractivity contribution < 1.29 is 0 Å². The van der Waals surface area contributed by atoms with E-state index in [1.807, 2.05) is 0 Å². The van der Waals surface area contributed by atoms with Gasteiger partial charge < -0.3 is 0 Å². The normalized spacial score (nSPS) is 17.0. The molecule has 0 aliphatic heterocycles. The summed E-state index contributed by atoms with van der Waals surface area (Å²) in [5.74, 6) is 0.00713. The summed E-state index contributed by atoms with van der Waals surface area (Å²) >= 11 is 0. The molecular formula is C66H41N3. The van der Waals surface area contributed by atoms with Crippen LogP contribution in [0.3, 0.4) is 0 Å². The van der Waals surface area contributed by atoms with Crippen molar-refractivity contribution in [2.24, 2.45) is 0 Å². The third-order valence-corrected chi connectivity index (χ3v) is 15.5. The van der Waals surface area contributed by atoms with Gasteiger partial charge in [-0.05, 0) is 85.0 Å². The van der Waals surface area contributed by atoms with Gasteiger partial charge in [-0.2, -0.15) is 0 Å². The van der Waals surface area contributed by atoms with E-state index in [0.717, 1.165) is 67.0 Å². The third-order valence-electron chi connectivity index (χ3n) is 15.5. The first-order valence-corrected chi connectivity index (χ1v) is 24.0. The molecule has 3 aliphatic rings. The highest BCUT2D eigenvalue weighted by Crippen LogP contribution is 2.80. The summed E-state index contributed by atoms with van der Waals surface area (Å²) in [4.78, 5) is 17.5. The highest BCUT2D eigenvalue weighted by molar-refractivity contribution is 6.08. The van der Waals surface area contributed by atoms with Gasteiger partial charge in [0.2, 0.25) is 0 Å². The standard InChI is InChI=1S/C66H41N3/c1-7-19-40(20-8-1)46-31-34-49-52(37-46)69-65(45-29-17-6-18-30-45)62-55(49)61-56-57-59(50-35-32-47(41-21-9-2-10-22-41)38-53(50)67-63(57)43-25-13-4-14-26-43)66(61,62)60-51-36-33-48(42-23-11-3-12-24-42)39-54(51)68-64(58(56)60)44-27-15-5-16-28-44/h1-39,56,61H. The van der Waals surface area contributed by atoms with Gasteiger partial charge in [0.1, 0.15) is 0 Å². The minimum absolute atomic E-state index is 0.0488. The summed E-state index contributed by atoms with van der Waals surface area (Å²) in [6.07, 6.45) is 0. The molecule has 9 aromatic carbocycles. The van der Waals surface area contributed by atoms with E-state index in [0.29, 0.717) is 0 Å². The van der Waals surface area contributed by atoms with E-state index in [9.17, 15) is 0 Å². The van der Waals surface area contributed by atoms with Crippen molar-refractivity contribution in [1.82, 2.24) is 15.0 Å². The number of benzene rings is 9. The number of hydrogen-bond acceptors (Lipinski definition) is 3. The third kappa shape index (κ3) is 5.36. The molecule has 3 aromatic heterocycles. The first kappa shape index (κ1) is 38.3. The number of rotatable bonds is 6. The summed E-state index contributed by atoms with van der Waals surface area (Å²) in [5, 5.41) is 3.60. The zero-order chi connectivity index (χ0) is 45.2. The van der Waals surface area contributed by atoms with Crippen LogP contribution < -0.4 is 0 Å². The molecule has 0 radical (unpaired) electrons. The Morgan fingerprint density at radius 2 is 0.580 bits per heavy atom. The number of fused-ring (bicyclic) bond motifs is 11. The van der Waals surface area contributed by atoms with Gasteiger partial charge in [0.05, 0.1) is 39.0 Å². The highest BCUT2D eigenvalue weighted by Gasteiger charge is 2.72. The number of aromatic nitrogens is 3. The quantitative estimate of drug-likeness (QED) is 0.167. The smallest absolute Gasteiger partial charge is 0.0757 e. The minimum atomic E-state index is -0.590. The van der Waals surface area contributed by atoms with Crippen LogP contribution in [0.15, 0.2) is 237 Å². The Morgan fingerprint density at radius 3 is 0.971 bits per heavy atom. The van der Waals surface area contributed by atoms with E-state index < -0.39 is 5.41 Å². The Hall–Kier alpha value is -8.79. The van der Waals surface area contributed by atoms with Crippen molar-refractivity contribution in [3.8, 4) is 67.2 Å². The summed E-state index contributed by atoms with van der Waals surface area (Å²) in [6.45, 7) is 0. The Balaban J connectivity index is 1.13. The summed E-state index contributed by atoms with van der Waals surface area (Å²) in [7, 11) is 0. The fourth-order valence-corrected chi connectivity index (χ4v) is 12.8. The maximum atomic E-state index is 5.86. The van der Waals surface area contributed by atoms with Gasteiger partial charge >= 0.3 is 0 Å². The predicted molar refractivity (Wildman–Crippen MR) is 282 cm³/mol. The van der Waals surface area contributed by atoms with E-state index in [-0.39, 0.29) is 11.8 Å². The molecule has 0 saturated carbocycles. The molecule has 3 heteroatoms. The van der Waals surface area contributed by atoms with Gasteiger partial charge in [-0.3, -0.25) is 0 Å². The van der Waals surface area contributed by atoms with E-state index in [4.69, 9.17) is 15.0 Å². The summed E-state index contributed by atoms with van der Waals surface area (Å²) in [6, 6.07) is 85.9. The van der Waals surface area contributed by atoms with Crippen molar-refractivity contribution in [2.75, 3.05) is 0 Å². The van der Waals surface area contributed by atoms with Gasteiger partial charge in [0.25, 0.3) is 0 Å². The zero-order valence-corrected chi connectivity index (χ0v) is 37.5. The second-order valence-electron chi connectivity index (χ2n) is 18.9. The van der Waals surface area contributed by atoms with Crippen LogP contribution in [-0.4, -0.2) is 15.0 Å². The largest absolute Gasteiger partial charge is 0.247 e. The van der Waals surface area contributed by atoms with Crippen molar-refractivity contribution in [1.29, 1.82) is 0 Å². The zero-order valence-electron chi connectivity index (χ0n) is 37.5. The number of pyridine rings is 3. The van der Waals surface area contributed by atoms with Crippen LogP contribution in [0.2, 0.25) is 0 Å². The summed E-state index contributed by atoms with van der Waals surface area (Å²) < 4.78 is 0. The van der Waals surface area contributed by atoms with E-state index in [1.54, 1.807) is 0 Å². The minimum Gasteiger partial charge on any atom is -0.247 e. The Kier molecular flexibility index (Phi) is 8.11. The molecule has 1 atom stereocenters. The van der Waals surface area contributed by atoms with Crippen molar-refractivity contribution >= 4 is 32.7 Å². The first-order valence-electron chi connectivity index (χ1n) is 24.0. The summed E-state index contributed by atoms with van der Waals surface area (Å²) in [5.41, 5.74) is 23.9. The second-order valence-corrected chi connectivity index (χ2v) is 18.9. The lowest BCUT2D eigenvalue weighted by Gasteiger charge is -2.48. The van der Waals surface area contributed by atoms with Crippen LogP contribution >= 0.6 is 0 Å². The molecule has 1 unspecified atom stereocenters. The molecule has 3 nitrogen and oxygen atoms in total. The molecule has 0 spiro atoms. The Morgan fingerprint density at radius 1 is 0.261 bits per heavy atom. The second kappa shape index (κ2) is 14.6. The lowest BCUT2D eigenvalue weighted by atomic mass is 9.53. The average molecular weight is 876 g/mol. The monoisotopic (exact) mass is 875 g/mol. The first-order chi connectivity index (χ1) is 34.2. The Labute approximate surface area is 400 Å². The average Bonchev–Trinajstić information content (AvgIpc) is 3.83. The van der Waals surface area contributed by atoms with Crippen molar-refractivity contribution in [2.45, 2.75) is 17.3 Å². The van der Waals surface area contributed by atoms with Crippen LogP contribution in [0.25, 0.3) is 99.9 Å². The van der Waals surface area contributed by atoms with Gasteiger partial charge in [-0.1, -0.05) is 218 Å². The number of hydrogen-bond donors (Lipinski definition) is 0. The van der Waals surface area contributed by atoms with E-state index in [2.05, 4.69) is 237 Å². The molecule has 0 amide bonds. The van der Waals surface area contributed by atoms with Crippen LogP contribution in [0.4, 0.5) is 0 Å². The van der Waals surface area contributed by atoms with Gasteiger partial charge in [-0.25, -0.2) is 15.0 Å². The molecule has 12 aromatic rings. The molecule has 0 fully saturated rings. The molecule has 0 saturated heterocycles. The highest BCUT2D eigenvalue weighted by atomic mass is 14.8. The van der Waals surface area contributed by atoms with E-state index in [1.165, 1.54) is 66.2 Å². The lowest BCUT2D eigenvalue weighted by molar-refractivity contribution is 0.469. The van der Waals surface area contributed by atoms with Gasteiger partial charge in [-0.15, -0.1) is 0 Å². The SMILES string of the molecule is c1ccc(-c2ccc3c4c(c(-c5ccccc5)nc3c2)C23c5c(c(-c6ccccc6)nc6cc(-c7ccccc7)ccc56)C(c5c(-c6ccccc6)nc6cc(-c7ccccc7)ccc6c52)C43)cc1. The van der Waals surface area contributed by atoms with Crippen LogP contribution in [0.5, 0.6) is 0 Å². The molecule has 69 heavy (non-hydrogen) atoms. The van der Waals surface area contributed by atoms with Crippen LogP contribution in [0.1, 0.15) is 45.2 Å². The van der Waals surface area contributed by atoms with Gasteiger partial charge in [0, 0.05) is 44.7 Å². The fraction of sp³-hybridized carbons (Fsp3) is 0.0455. The van der Waals surface area contributed by atoms with Crippen LogP contribution in [-0.2, 0) is 5.41 Å². The van der Waals surface area contributed by atoms with Crippen molar-refractivity contribution in [3.63, 3.8) is 0 Å². The fourth-order valence-electron chi connectivity index (χ4n) is 12.8. The maximum absolute atomic E-state index is 5.86. The Bertz CT molecular complexity index is 3870. The molecular weight excluding hydrogens is 835 g/mol. The molecule has 3 heterocycles. The molecule has 15 rings (SSSR count). The van der Waals surface area contributed by atoms with Crippen molar-refractivity contribution in [3.05, 3.63) is 270 Å². The molecule has 2 bridgehead atoms. The number of nitrogens with zero attached hydrogens (tertiary/aromatic N) is 3. The topological polar surface area (TPSA) is 38.7 Å². The molecule has 320 valence electrons. The maximum Gasteiger partial charge on any atom is 0.0757 e.